The van der Waals surface area contributed by atoms with Crippen molar-refractivity contribution < 1.29 is 19.1 Å². The first-order chi connectivity index (χ1) is 14.1. The number of hydrogen-bond acceptors (Lipinski definition) is 4. The number of hydrogen-bond donors (Lipinski definition) is 3. The van der Waals surface area contributed by atoms with Gasteiger partial charge in [-0.15, -0.1) is 0 Å². The van der Waals surface area contributed by atoms with Crippen LogP contribution in [-0.4, -0.2) is 26.2 Å². The van der Waals surface area contributed by atoms with E-state index in [-0.39, 0.29) is 5.91 Å². The molecular formula is C22H21N3O4. The third-order valence-corrected chi connectivity index (χ3v) is 4.09. The summed E-state index contributed by atoms with van der Waals surface area (Å²) in [6, 6.07) is 20.4. The van der Waals surface area contributed by atoms with Gasteiger partial charge in [-0.1, -0.05) is 30.3 Å². The monoisotopic (exact) mass is 391 g/mol. The Kier molecular flexibility index (Phi) is 6.32. The van der Waals surface area contributed by atoms with Crippen LogP contribution in [0.2, 0.25) is 0 Å². The van der Waals surface area contributed by atoms with Gasteiger partial charge in [0.15, 0.2) is 11.5 Å². The molecule has 0 bridgehead atoms. The van der Waals surface area contributed by atoms with Crippen molar-refractivity contribution in [2.75, 3.05) is 30.2 Å². The molecule has 7 nitrogen and oxygen atoms in total. The minimum Gasteiger partial charge on any atom is -0.493 e. The number of methoxy groups -OCH3 is 2. The Labute approximate surface area is 168 Å². The van der Waals surface area contributed by atoms with Crippen molar-refractivity contribution in [1.82, 2.24) is 0 Å². The van der Waals surface area contributed by atoms with Gasteiger partial charge in [-0.2, -0.15) is 0 Å². The first kappa shape index (κ1) is 19.8. The van der Waals surface area contributed by atoms with E-state index in [9.17, 15) is 9.59 Å². The normalized spacial score (nSPS) is 10.0. The van der Waals surface area contributed by atoms with E-state index < -0.39 is 6.03 Å². The molecule has 0 aliphatic heterocycles. The fraction of sp³-hybridized carbons (Fsp3) is 0.0909. The molecule has 3 aromatic rings. The zero-order valence-corrected chi connectivity index (χ0v) is 16.1. The SMILES string of the molecule is COc1ccc(NC(=O)c2ccccc2NC(=O)Nc2ccccc2)cc1OC. The first-order valence-corrected chi connectivity index (χ1v) is 8.86. The summed E-state index contributed by atoms with van der Waals surface area (Å²) in [5.74, 6) is 0.692. The number of ether oxygens (including phenoxy) is 2. The standard InChI is InChI=1S/C22H21N3O4/c1-28-19-13-12-16(14-20(19)29-2)23-21(26)17-10-6-7-11-18(17)25-22(27)24-15-8-4-3-5-9-15/h3-14H,1-2H3,(H,23,26)(H2,24,25,27). The fourth-order valence-corrected chi connectivity index (χ4v) is 2.71. The molecule has 0 radical (unpaired) electrons. The Bertz CT molecular complexity index is 1010. The number of rotatable bonds is 6. The van der Waals surface area contributed by atoms with Gasteiger partial charge in [0.2, 0.25) is 0 Å². The van der Waals surface area contributed by atoms with Crippen LogP contribution in [0.4, 0.5) is 21.9 Å². The third kappa shape index (κ3) is 5.04. The highest BCUT2D eigenvalue weighted by Crippen LogP contribution is 2.30. The average molecular weight is 391 g/mol. The lowest BCUT2D eigenvalue weighted by molar-refractivity contribution is 0.102. The number of para-hydroxylation sites is 2. The number of benzene rings is 3. The van der Waals surface area contributed by atoms with Gasteiger partial charge in [0.05, 0.1) is 25.5 Å². The molecule has 7 heteroatoms. The second-order valence-electron chi connectivity index (χ2n) is 6.01. The zero-order chi connectivity index (χ0) is 20.6. The molecule has 148 valence electrons. The molecule has 0 spiro atoms. The van der Waals surface area contributed by atoms with Crippen LogP contribution in [0.5, 0.6) is 11.5 Å². The van der Waals surface area contributed by atoms with Crippen LogP contribution in [0.25, 0.3) is 0 Å². The Morgan fingerprint density at radius 1 is 0.690 bits per heavy atom. The van der Waals surface area contributed by atoms with Crippen molar-refractivity contribution in [3.8, 4) is 11.5 Å². The maximum absolute atomic E-state index is 12.8. The molecule has 0 saturated carbocycles. The van der Waals surface area contributed by atoms with Crippen LogP contribution in [0, 0.1) is 0 Å². The van der Waals surface area contributed by atoms with Crippen LogP contribution >= 0.6 is 0 Å². The number of carbonyl (C=O) groups excluding carboxylic acids is 2. The number of urea groups is 1. The molecule has 0 aromatic heterocycles. The number of amides is 3. The lowest BCUT2D eigenvalue weighted by Gasteiger charge is -2.13. The van der Waals surface area contributed by atoms with E-state index in [4.69, 9.17) is 9.47 Å². The minimum atomic E-state index is -0.442. The molecule has 3 amide bonds. The van der Waals surface area contributed by atoms with E-state index in [1.165, 1.54) is 7.11 Å². The summed E-state index contributed by atoms with van der Waals surface area (Å²) < 4.78 is 10.5. The molecule has 3 N–H and O–H groups in total. The van der Waals surface area contributed by atoms with E-state index in [1.54, 1.807) is 61.7 Å². The van der Waals surface area contributed by atoms with E-state index in [1.807, 2.05) is 18.2 Å². The Morgan fingerprint density at radius 2 is 1.38 bits per heavy atom. The van der Waals surface area contributed by atoms with Gasteiger partial charge >= 0.3 is 6.03 Å². The van der Waals surface area contributed by atoms with Crippen molar-refractivity contribution in [1.29, 1.82) is 0 Å². The Balaban J connectivity index is 1.74. The summed E-state index contributed by atoms with van der Waals surface area (Å²) in [4.78, 5) is 25.1. The smallest absolute Gasteiger partial charge is 0.323 e. The Hall–Kier alpha value is -4.00. The van der Waals surface area contributed by atoms with E-state index >= 15 is 0 Å². The van der Waals surface area contributed by atoms with Crippen molar-refractivity contribution in [3.05, 3.63) is 78.4 Å². The number of carbonyl (C=O) groups is 2. The van der Waals surface area contributed by atoms with E-state index in [0.29, 0.717) is 34.1 Å². The van der Waals surface area contributed by atoms with Crippen LogP contribution in [0.3, 0.4) is 0 Å². The summed E-state index contributed by atoms with van der Waals surface area (Å²) >= 11 is 0. The quantitative estimate of drug-likeness (QED) is 0.573. The van der Waals surface area contributed by atoms with Gasteiger partial charge in [0, 0.05) is 17.4 Å². The van der Waals surface area contributed by atoms with E-state index in [2.05, 4.69) is 16.0 Å². The van der Waals surface area contributed by atoms with Gasteiger partial charge < -0.3 is 25.4 Å². The lowest BCUT2D eigenvalue weighted by atomic mass is 10.1. The second-order valence-corrected chi connectivity index (χ2v) is 6.01. The third-order valence-electron chi connectivity index (χ3n) is 4.09. The highest BCUT2D eigenvalue weighted by Gasteiger charge is 2.14. The molecule has 29 heavy (non-hydrogen) atoms. The summed E-state index contributed by atoms with van der Waals surface area (Å²) in [7, 11) is 3.06. The van der Waals surface area contributed by atoms with Crippen molar-refractivity contribution in [2.24, 2.45) is 0 Å². The maximum Gasteiger partial charge on any atom is 0.323 e. The van der Waals surface area contributed by atoms with Gasteiger partial charge in [-0.25, -0.2) is 4.79 Å². The molecule has 3 rings (SSSR count). The molecule has 0 fully saturated rings. The van der Waals surface area contributed by atoms with Crippen LogP contribution in [-0.2, 0) is 0 Å². The second kappa shape index (κ2) is 9.27. The topological polar surface area (TPSA) is 88.7 Å². The molecule has 0 unspecified atom stereocenters. The van der Waals surface area contributed by atoms with Crippen molar-refractivity contribution >= 4 is 29.0 Å². The average Bonchev–Trinajstić information content (AvgIpc) is 2.74. The summed E-state index contributed by atoms with van der Waals surface area (Å²) in [6.07, 6.45) is 0. The van der Waals surface area contributed by atoms with Crippen LogP contribution in [0.1, 0.15) is 10.4 Å². The van der Waals surface area contributed by atoms with Crippen LogP contribution < -0.4 is 25.4 Å². The zero-order valence-electron chi connectivity index (χ0n) is 16.1. The van der Waals surface area contributed by atoms with Crippen molar-refractivity contribution in [2.45, 2.75) is 0 Å². The number of anilines is 3. The van der Waals surface area contributed by atoms with Gasteiger partial charge in [-0.3, -0.25) is 4.79 Å². The predicted octanol–water partition coefficient (Wildman–Crippen LogP) is 4.60. The molecule has 0 aliphatic rings. The lowest BCUT2D eigenvalue weighted by Crippen LogP contribution is -2.22. The molecular weight excluding hydrogens is 370 g/mol. The van der Waals surface area contributed by atoms with Gasteiger partial charge in [0.1, 0.15) is 0 Å². The summed E-state index contributed by atoms with van der Waals surface area (Å²) in [6.45, 7) is 0. The summed E-state index contributed by atoms with van der Waals surface area (Å²) in [5.41, 5.74) is 1.90. The minimum absolute atomic E-state index is 0.325. The Morgan fingerprint density at radius 3 is 2.10 bits per heavy atom. The van der Waals surface area contributed by atoms with Gasteiger partial charge in [0.25, 0.3) is 5.91 Å². The highest BCUT2D eigenvalue weighted by molar-refractivity contribution is 6.11. The summed E-state index contributed by atoms with van der Waals surface area (Å²) in [5, 5.41) is 8.23. The fourth-order valence-electron chi connectivity index (χ4n) is 2.71. The van der Waals surface area contributed by atoms with Gasteiger partial charge in [-0.05, 0) is 36.4 Å². The molecule has 0 aliphatic carbocycles. The van der Waals surface area contributed by atoms with Crippen LogP contribution in [0.15, 0.2) is 72.8 Å². The van der Waals surface area contributed by atoms with E-state index in [0.717, 1.165) is 0 Å². The maximum atomic E-state index is 12.8. The van der Waals surface area contributed by atoms with Crippen molar-refractivity contribution in [3.63, 3.8) is 0 Å². The molecule has 0 saturated heterocycles. The molecule has 0 atom stereocenters. The largest absolute Gasteiger partial charge is 0.493 e. The highest BCUT2D eigenvalue weighted by atomic mass is 16.5. The number of nitrogens with one attached hydrogen (secondary N) is 3. The molecule has 3 aromatic carbocycles. The first-order valence-electron chi connectivity index (χ1n) is 8.86. The predicted molar refractivity (Wildman–Crippen MR) is 113 cm³/mol. The molecule has 0 heterocycles.